The molecule has 0 radical (unpaired) electrons. The lowest BCUT2D eigenvalue weighted by molar-refractivity contribution is -0.149. The van der Waals surface area contributed by atoms with Crippen molar-refractivity contribution in [3.63, 3.8) is 0 Å². The number of hydrogen-bond donors (Lipinski definition) is 1. The minimum Gasteiger partial charge on any atom is -0.481 e. The zero-order valence-electron chi connectivity index (χ0n) is 12.1. The number of likely N-dealkylation sites (tertiary alicyclic amines) is 1. The van der Waals surface area contributed by atoms with Crippen molar-refractivity contribution >= 4 is 35.1 Å². The Labute approximate surface area is 138 Å². The van der Waals surface area contributed by atoms with Crippen LogP contribution in [0.25, 0.3) is 0 Å². The molecule has 7 heteroatoms. The summed E-state index contributed by atoms with van der Waals surface area (Å²) >= 11 is 12.0. The molecule has 2 rings (SSSR count). The molecule has 0 saturated carbocycles. The molecular weight excluding hydrogens is 329 g/mol. The van der Waals surface area contributed by atoms with Gasteiger partial charge in [-0.2, -0.15) is 0 Å². The molecule has 1 aliphatic rings. The van der Waals surface area contributed by atoms with E-state index >= 15 is 0 Å². The van der Waals surface area contributed by atoms with Gasteiger partial charge in [0.15, 0.2) is 12.4 Å². The summed E-state index contributed by atoms with van der Waals surface area (Å²) in [6, 6.07) is 4.57. The Bertz CT molecular complexity index is 558. The number of para-hydroxylation sites is 1. The molecule has 1 aliphatic heterocycles. The summed E-state index contributed by atoms with van der Waals surface area (Å²) in [6.45, 7) is 2.06. The summed E-state index contributed by atoms with van der Waals surface area (Å²) in [5.74, 6) is -1.42. The molecular formula is C15H17Cl2NO4. The highest BCUT2D eigenvalue weighted by molar-refractivity contribution is 6.37. The fraction of sp³-hybridized carbons (Fsp3) is 0.467. The molecule has 1 amide bonds. The average molecular weight is 346 g/mol. The van der Waals surface area contributed by atoms with E-state index in [9.17, 15) is 14.7 Å². The number of carboxylic acid groups (broad SMARTS) is 1. The van der Waals surface area contributed by atoms with E-state index in [0.717, 1.165) is 0 Å². The van der Waals surface area contributed by atoms with Gasteiger partial charge < -0.3 is 14.7 Å². The molecule has 0 aliphatic carbocycles. The van der Waals surface area contributed by atoms with Crippen molar-refractivity contribution in [2.75, 3.05) is 13.2 Å². The van der Waals surface area contributed by atoms with Gasteiger partial charge in [-0.1, -0.05) is 29.3 Å². The molecule has 22 heavy (non-hydrogen) atoms. The van der Waals surface area contributed by atoms with Gasteiger partial charge in [-0.25, -0.2) is 0 Å². The molecule has 2 atom stereocenters. The zero-order chi connectivity index (χ0) is 16.3. The first-order chi connectivity index (χ1) is 10.4. The van der Waals surface area contributed by atoms with Crippen molar-refractivity contribution in [1.82, 2.24) is 4.90 Å². The molecule has 0 aromatic heterocycles. The highest BCUT2D eigenvalue weighted by Gasteiger charge is 2.35. The summed E-state index contributed by atoms with van der Waals surface area (Å²) in [4.78, 5) is 25.0. The van der Waals surface area contributed by atoms with Crippen LogP contribution in [-0.4, -0.2) is 41.1 Å². The second kappa shape index (κ2) is 7.20. The van der Waals surface area contributed by atoms with Crippen LogP contribution < -0.4 is 4.74 Å². The van der Waals surface area contributed by atoms with E-state index in [4.69, 9.17) is 27.9 Å². The van der Waals surface area contributed by atoms with E-state index in [-0.39, 0.29) is 24.3 Å². The zero-order valence-corrected chi connectivity index (χ0v) is 13.6. The molecule has 1 aromatic rings. The van der Waals surface area contributed by atoms with Crippen molar-refractivity contribution in [1.29, 1.82) is 0 Å². The minimum atomic E-state index is -0.875. The lowest BCUT2D eigenvalue weighted by Crippen LogP contribution is -2.50. The van der Waals surface area contributed by atoms with Crippen molar-refractivity contribution in [2.24, 2.45) is 5.92 Å². The Morgan fingerprint density at radius 1 is 1.36 bits per heavy atom. The number of carbonyl (C=O) groups excluding carboxylic acids is 1. The van der Waals surface area contributed by atoms with Crippen LogP contribution >= 0.6 is 23.2 Å². The van der Waals surface area contributed by atoms with E-state index < -0.39 is 11.9 Å². The number of benzene rings is 1. The van der Waals surface area contributed by atoms with Crippen LogP contribution in [0.15, 0.2) is 18.2 Å². The van der Waals surface area contributed by atoms with E-state index in [1.807, 2.05) is 0 Å². The number of amides is 1. The molecule has 1 saturated heterocycles. The third-order valence-corrected chi connectivity index (χ3v) is 4.48. The summed E-state index contributed by atoms with van der Waals surface area (Å²) in [5.41, 5.74) is 0. The topological polar surface area (TPSA) is 66.8 Å². The second-order valence-corrected chi connectivity index (χ2v) is 6.07. The summed E-state index contributed by atoms with van der Waals surface area (Å²) < 4.78 is 5.42. The first kappa shape index (κ1) is 16.9. The van der Waals surface area contributed by atoms with Gasteiger partial charge >= 0.3 is 5.97 Å². The number of carbonyl (C=O) groups is 2. The van der Waals surface area contributed by atoms with Gasteiger partial charge in [0.2, 0.25) is 0 Å². The summed E-state index contributed by atoms with van der Waals surface area (Å²) in [6.07, 6.45) is 1.25. The molecule has 1 aromatic carbocycles. The fourth-order valence-corrected chi connectivity index (χ4v) is 3.17. The SMILES string of the molecule is C[C@@H]1[C@H](C(=O)O)CCCN1C(=O)COc1c(Cl)cccc1Cl. The van der Waals surface area contributed by atoms with Crippen LogP contribution in [0.3, 0.4) is 0 Å². The van der Waals surface area contributed by atoms with Gasteiger partial charge in [-0.15, -0.1) is 0 Å². The normalized spacial score (nSPS) is 21.5. The molecule has 5 nitrogen and oxygen atoms in total. The molecule has 0 bridgehead atoms. The molecule has 120 valence electrons. The monoisotopic (exact) mass is 345 g/mol. The average Bonchev–Trinajstić information content (AvgIpc) is 2.46. The van der Waals surface area contributed by atoms with Crippen LogP contribution in [0.1, 0.15) is 19.8 Å². The maximum absolute atomic E-state index is 12.3. The van der Waals surface area contributed by atoms with Crippen LogP contribution in [-0.2, 0) is 9.59 Å². The third kappa shape index (κ3) is 3.65. The molecule has 0 unspecified atom stereocenters. The van der Waals surface area contributed by atoms with Gasteiger partial charge in [0.25, 0.3) is 5.91 Å². The largest absolute Gasteiger partial charge is 0.481 e. The van der Waals surface area contributed by atoms with Crippen molar-refractivity contribution in [3.05, 3.63) is 28.2 Å². The minimum absolute atomic E-state index is 0.222. The van der Waals surface area contributed by atoms with Crippen LogP contribution in [0.4, 0.5) is 0 Å². The highest BCUT2D eigenvalue weighted by atomic mass is 35.5. The summed E-state index contributed by atoms with van der Waals surface area (Å²) in [5, 5.41) is 9.84. The Kier molecular flexibility index (Phi) is 5.53. The number of ether oxygens (including phenoxy) is 1. The Morgan fingerprint density at radius 2 is 2.00 bits per heavy atom. The van der Waals surface area contributed by atoms with Crippen LogP contribution in [0.5, 0.6) is 5.75 Å². The molecule has 0 spiro atoms. The van der Waals surface area contributed by atoms with Gasteiger partial charge in [-0.3, -0.25) is 9.59 Å². The first-order valence-corrected chi connectivity index (χ1v) is 7.76. The standard InChI is InChI=1S/C15H17Cl2NO4/c1-9-10(15(20)21)4-3-7-18(9)13(19)8-22-14-11(16)5-2-6-12(14)17/h2,5-6,9-10H,3-4,7-8H2,1H3,(H,20,21)/t9-,10-/m1/s1. The number of nitrogens with zero attached hydrogens (tertiary/aromatic N) is 1. The maximum Gasteiger partial charge on any atom is 0.308 e. The van der Waals surface area contributed by atoms with E-state index in [1.54, 1.807) is 30.0 Å². The lowest BCUT2D eigenvalue weighted by atomic mass is 9.90. The second-order valence-electron chi connectivity index (χ2n) is 5.25. The lowest BCUT2D eigenvalue weighted by Gasteiger charge is -2.37. The summed E-state index contributed by atoms with van der Waals surface area (Å²) in [7, 11) is 0. The number of halogens is 2. The Morgan fingerprint density at radius 3 is 2.59 bits per heavy atom. The van der Waals surface area contributed by atoms with Crippen LogP contribution in [0, 0.1) is 5.92 Å². The number of piperidine rings is 1. The Balaban J connectivity index is 2.01. The number of aliphatic carboxylic acids is 1. The molecule has 1 heterocycles. The highest BCUT2D eigenvalue weighted by Crippen LogP contribution is 2.32. The van der Waals surface area contributed by atoms with Gasteiger partial charge in [-0.05, 0) is 31.9 Å². The predicted molar refractivity (Wildman–Crippen MR) is 83.5 cm³/mol. The quantitative estimate of drug-likeness (QED) is 0.910. The van der Waals surface area contributed by atoms with E-state index in [0.29, 0.717) is 29.4 Å². The number of carboxylic acids is 1. The van der Waals surface area contributed by atoms with Gasteiger partial charge in [0.05, 0.1) is 16.0 Å². The van der Waals surface area contributed by atoms with E-state index in [1.165, 1.54) is 0 Å². The van der Waals surface area contributed by atoms with Gasteiger partial charge in [0.1, 0.15) is 0 Å². The van der Waals surface area contributed by atoms with Crippen LogP contribution in [0.2, 0.25) is 10.0 Å². The van der Waals surface area contributed by atoms with E-state index in [2.05, 4.69) is 0 Å². The molecule has 1 N–H and O–H groups in total. The fourth-order valence-electron chi connectivity index (χ4n) is 2.66. The Hall–Kier alpha value is -1.46. The number of hydrogen-bond acceptors (Lipinski definition) is 3. The van der Waals surface area contributed by atoms with Crippen molar-refractivity contribution in [2.45, 2.75) is 25.8 Å². The third-order valence-electron chi connectivity index (χ3n) is 3.88. The first-order valence-electron chi connectivity index (χ1n) is 7.01. The molecule has 1 fully saturated rings. The van der Waals surface area contributed by atoms with Gasteiger partial charge in [0, 0.05) is 12.6 Å². The predicted octanol–water partition coefficient (Wildman–Crippen LogP) is 3.08. The maximum atomic E-state index is 12.3. The number of rotatable bonds is 4. The van der Waals surface area contributed by atoms with Crippen molar-refractivity contribution in [3.8, 4) is 5.75 Å². The smallest absolute Gasteiger partial charge is 0.308 e. The van der Waals surface area contributed by atoms with Crippen molar-refractivity contribution < 1.29 is 19.4 Å².